The maximum absolute atomic E-state index is 9.73. The second kappa shape index (κ2) is 3.68. The number of rotatable bonds is 0. The van der Waals surface area contributed by atoms with Gasteiger partial charge in [0.05, 0.1) is 6.07 Å². The van der Waals surface area contributed by atoms with Crippen LogP contribution in [0.15, 0.2) is 18.2 Å². The van der Waals surface area contributed by atoms with Gasteiger partial charge in [0.15, 0.2) is 0 Å². The number of benzene rings is 1. The molecule has 0 heterocycles. The van der Waals surface area contributed by atoms with E-state index in [9.17, 15) is 5.11 Å². The van der Waals surface area contributed by atoms with Crippen molar-refractivity contribution in [1.29, 1.82) is 5.26 Å². The zero-order valence-electron chi connectivity index (χ0n) is 9.78. The monoisotopic (exact) mass is 213 g/mol. The van der Waals surface area contributed by atoms with Gasteiger partial charge < -0.3 is 5.11 Å². The summed E-state index contributed by atoms with van der Waals surface area (Å²) in [6.07, 6.45) is 1.61. The van der Waals surface area contributed by atoms with E-state index in [2.05, 4.69) is 19.9 Å². The molecule has 0 saturated carbocycles. The molecule has 2 rings (SSSR count). The highest BCUT2D eigenvalue weighted by Crippen LogP contribution is 2.48. The Morgan fingerprint density at radius 1 is 1.31 bits per heavy atom. The molecule has 1 aliphatic carbocycles. The Labute approximate surface area is 95.8 Å². The molecule has 1 N–H and O–H groups in total. The Hall–Kier alpha value is -1.75. The third kappa shape index (κ3) is 1.32. The Morgan fingerprint density at radius 2 is 2.00 bits per heavy atom. The van der Waals surface area contributed by atoms with Crippen molar-refractivity contribution < 1.29 is 5.11 Å². The van der Waals surface area contributed by atoms with Crippen LogP contribution in [-0.4, -0.2) is 5.11 Å². The lowest BCUT2D eigenvalue weighted by atomic mass is 9.94. The van der Waals surface area contributed by atoms with E-state index in [1.54, 1.807) is 12.1 Å². The van der Waals surface area contributed by atoms with Crippen molar-refractivity contribution in [3.05, 3.63) is 34.9 Å². The van der Waals surface area contributed by atoms with Gasteiger partial charge in [-0.05, 0) is 47.1 Å². The maximum Gasteiger partial charge on any atom is 0.119 e. The molecular formula is C14H15NO. The van der Waals surface area contributed by atoms with Gasteiger partial charge in [-0.1, -0.05) is 19.9 Å². The van der Waals surface area contributed by atoms with Gasteiger partial charge in [0.25, 0.3) is 0 Å². The highest BCUT2D eigenvalue weighted by molar-refractivity contribution is 5.80. The number of hydrogen-bond acceptors (Lipinski definition) is 2. The smallest absolute Gasteiger partial charge is 0.119 e. The summed E-state index contributed by atoms with van der Waals surface area (Å²) in [7, 11) is 0. The van der Waals surface area contributed by atoms with Crippen LogP contribution in [0.5, 0.6) is 5.75 Å². The number of phenols is 1. The second-order valence-corrected chi connectivity index (χ2v) is 4.48. The van der Waals surface area contributed by atoms with Crippen molar-refractivity contribution in [3.63, 3.8) is 0 Å². The molecule has 2 unspecified atom stereocenters. The molecule has 2 nitrogen and oxygen atoms in total. The highest BCUT2D eigenvalue weighted by atomic mass is 16.3. The quantitative estimate of drug-likeness (QED) is 0.671. The summed E-state index contributed by atoms with van der Waals surface area (Å²) >= 11 is 0. The molecule has 0 bridgehead atoms. The number of hydrogen-bond donors (Lipinski definition) is 1. The van der Waals surface area contributed by atoms with Gasteiger partial charge in [-0.3, -0.25) is 0 Å². The second-order valence-electron chi connectivity index (χ2n) is 4.48. The third-order valence-corrected chi connectivity index (χ3v) is 3.71. The largest absolute Gasteiger partial charge is 0.508 e. The van der Waals surface area contributed by atoms with Crippen molar-refractivity contribution in [3.8, 4) is 11.8 Å². The van der Waals surface area contributed by atoms with Gasteiger partial charge >= 0.3 is 0 Å². The molecular weight excluding hydrogens is 198 g/mol. The molecule has 0 aliphatic heterocycles. The van der Waals surface area contributed by atoms with Crippen molar-refractivity contribution in [1.82, 2.24) is 0 Å². The first-order valence-corrected chi connectivity index (χ1v) is 5.50. The average Bonchev–Trinajstić information content (AvgIpc) is 2.50. The molecule has 0 amide bonds. The van der Waals surface area contributed by atoms with Gasteiger partial charge in [0.2, 0.25) is 0 Å². The first-order valence-electron chi connectivity index (χ1n) is 5.50. The molecule has 1 aromatic carbocycles. The minimum Gasteiger partial charge on any atom is -0.508 e. The van der Waals surface area contributed by atoms with Gasteiger partial charge in [-0.25, -0.2) is 0 Å². The van der Waals surface area contributed by atoms with E-state index >= 15 is 0 Å². The average molecular weight is 213 g/mol. The standard InChI is InChI=1S/C14H15NO/c1-8-9(2)12(6-7-15)14-10(3)13(16)5-4-11(8)14/h4-6,8-9,16H,1-3H3. The summed E-state index contributed by atoms with van der Waals surface area (Å²) in [4.78, 5) is 0. The van der Waals surface area contributed by atoms with Gasteiger partial charge in [-0.2, -0.15) is 5.26 Å². The van der Waals surface area contributed by atoms with Crippen LogP contribution in [-0.2, 0) is 0 Å². The van der Waals surface area contributed by atoms with Gasteiger partial charge in [-0.15, -0.1) is 0 Å². The molecule has 0 spiro atoms. The molecule has 1 aromatic rings. The predicted molar refractivity (Wildman–Crippen MR) is 64.0 cm³/mol. The highest BCUT2D eigenvalue weighted by Gasteiger charge is 2.32. The van der Waals surface area contributed by atoms with Crippen LogP contribution < -0.4 is 0 Å². The van der Waals surface area contributed by atoms with Gasteiger partial charge in [0.1, 0.15) is 5.75 Å². The fourth-order valence-electron chi connectivity index (χ4n) is 2.52. The number of nitrogens with zero attached hydrogens (tertiary/aromatic N) is 1. The van der Waals surface area contributed by atoms with Crippen LogP contribution in [0.25, 0.3) is 5.57 Å². The van der Waals surface area contributed by atoms with Crippen LogP contribution in [0.1, 0.15) is 36.5 Å². The molecule has 2 heteroatoms. The number of phenolic OH excluding ortho intramolecular Hbond substituents is 1. The summed E-state index contributed by atoms with van der Waals surface area (Å²) in [5.74, 6) is 1.06. The maximum atomic E-state index is 9.73. The van der Waals surface area contributed by atoms with Crippen LogP contribution in [0.3, 0.4) is 0 Å². The molecule has 0 fully saturated rings. The van der Waals surface area contributed by atoms with Gasteiger partial charge in [0, 0.05) is 6.08 Å². The van der Waals surface area contributed by atoms with E-state index < -0.39 is 0 Å². The Morgan fingerprint density at radius 3 is 2.62 bits per heavy atom. The molecule has 16 heavy (non-hydrogen) atoms. The molecule has 1 aliphatic rings. The van der Waals surface area contributed by atoms with E-state index in [4.69, 9.17) is 5.26 Å². The van der Waals surface area contributed by atoms with E-state index in [1.165, 1.54) is 5.56 Å². The fourth-order valence-corrected chi connectivity index (χ4v) is 2.52. The minimum atomic E-state index is 0.309. The lowest BCUT2D eigenvalue weighted by Gasteiger charge is -2.09. The third-order valence-electron chi connectivity index (χ3n) is 3.71. The minimum absolute atomic E-state index is 0.309. The molecule has 82 valence electrons. The summed E-state index contributed by atoms with van der Waals surface area (Å²) in [5.41, 5.74) is 4.25. The summed E-state index contributed by atoms with van der Waals surface area (Å²) in [5, 5.41) is 18.6. The summed E-state index contributed by atoms with van der Waals surface area (Å²) in [6, 6.07) is 5.82. The van der Waals surface area contributed by atoms with Crippen LogP contribution >= 0.6 is 0 Å². The lowest BCUT2D eigenvalue weighted by molar-refractivity contribution is 0.470. The Kier molecular flexibility index (Phi) is 2.47. The topological polar surface area (TPSA) is 44.0 Å². The van der Waals surface area contributed by atoms with Crippen LogP contribution in [0, 0.1) is 24.2 Å². The summed E-state index contributed by atoms with van der Waals surface area (Å²) < 4.78 is 0. The SMILES string of the molecule is Cc1c(O)ccc2c1C(=CC#N)C(C)C2C. The van der Waals surface area contributed by atoms with Crippen LogP contribution in [0.4, 0.5) is 0 Å². The van der Waals surface area contributed by atoms with E-state index in [-0.39, 0.29) is 0 Å². The lowest BCUT2D eigenvalue weighted by Crippen LogP contribution is -1.97. The number of fused-ring (bicyclic) bond motifs is 1. The van der Waals surface area contributed by atoms with Crippen molar-refractivity contribution in [2.75, 3.05) is 0 Å². The van der Waals surface area contributed by atoms with Crippen molar-refractivity contribution in [2.24, 2.45) is 5.92 Å². The first-order chi connectivity index (χ1) is 7.57. The van der Waals surface area contributed by atoms with Crippen molar-refractivity contribution in [2.45, 2.75) is 26.7 Å². The fraction of sp³-hybridized carbons (Fsp3) is 0.357. The Bertz CT molecular complexity index is 508. The molecule has 0 radical (unpaired) electrons. The normalized spacial score (nSPS) is 25.5. The molecule has 2 atom stereocenters. The molecule has 0 saturated heterocycles. The zero-order valence-corrected chi connectivity index (χ0v) is 9.78. The van der Waals surface area contributed by atoms with E-state index in [0.29, 0.717) is 17.6 Å². The Balaban J connectivity index is 2.73. The number of aromatic hydroxyl groups is 1. The van der Waals surface area contributed by atoms with Crippen molar-refractivity contribution >= 4 is 5.57 Å². The predicted octanol–water partition coefficient (Wildman–Crippen LogP) is 3.36. The number of allylic oxidation sites excluding steroid dienone is 2. The molecule has 0 aromatic heterocycles. The van der Waals surface area contributed by atoms with E-state index in [0.717, 1.165) is 16.7 Å². The van der Waals surface area contributed by atoms with E-state index in [1.807, 2.05) is 13.0 Å². The summed E-state index contributed by atoms with van der Waals surface area (Å²) in [6.45, 7) is 6.20. The first kappa shape index (κ1) is 10.8. The van der Waals surface area contributed by atoms with Crippen LogP contribution in [0.2, 0.25) is 0 Å². The number of nitriles is 1. The zero-order chi connectivity index (χ0) is 11.9.